The Morgan fingerprint density at radius 3 is 2.65 bits per heavy atom. The van der Waals surface area contributed by atoms with Crippen molar-refractivity contribution >= 4 is 5.69 Å². The fourth-order valence-electron chi connectivity index (χ4n) is 2.95. The van der Waals surface area contributed by atoms with E-state index in [1.54, 1.807) is 0 Å². The van der Waals surface area contributed by atoms with Gasteiger partial charge in [-0.05, 0) is 37.8 Å². The molecule has 0 spiro atoms. The van der Waals surface area contributed by atoms with Crippen LogP contribution < -0.4 is 11.1 Å². The van der Waals surface area contributed by atoms with E-state index in [9.17, 15) is 0 Å². The fraction of sp³-hybridized carbons (Fsp3) is 0.600. The average molecular weight is 232 g/mol. The van der Waals surface area contributed by atoms with Gasteiger partial charge < -0.3 is 11.1 Å². The van der Waals surface area contributed by atoms with Crippen molar-refractivity contribution < 1.29 is 0 Å². The zero-order valence-corrected chi connectivity index (χ0v) is 11.0. The summed E-state index contributed by atoms with van der Waals surface area (Å²) in [4.78, 5) is 0. The summed E-state index contributed by atoms with van der Waals surface area (Å²) < 4.78 is 0. The maximum absolute atomic E-state index is 6.02. The predicted octanol–water partition coefficient (Wildman–Crippen LogP) is 3.31. The minimum absolute atomic E-state index is 0.118. The molecule has 0 amide bonds. The van der Waals surface area contributed by atoms with Gasteiger partial charge in [0.15, 0.2) is 0 Å². The second kappa shape index (κ2) is 5.09. The van der Waals surface area contributed by atoms with Gasteiger partial charge in [-0.3, -0.25) is 0 Å². The largest absolute Gasteiger partial charge is 0.378 e. The lowest BCUT2D eigenvalue weighted by Crippen LogP contribution is -2.48. The van der Waals surface area contributed by atoms with Crippen molar-refractivity contribution in [2.24, 2.45) is 11.7 Å². The highest BCUT2D eigenvalue weighted by molar-refractivity contribution is 5.47. The van der Waals surface area contributed by atoms with E-state index >= 15 is 0 Å². The van der Waals surface area contributed by atoms with E-state index in [0.29, 0.717) is 0 Å². The molecule has 1 aliphatic rings. The summed E-state index contributed by atoms with van der Waals surface area (Å²) in [5, 5.41) is 3.68. The van der Waals surface area contributed by atoms with Gasteiger partial charge in [-0.1, -0.05) is 37.5 Å². The minimum atomic E-state index is 0.118. The number of rotatable bonds is 3. The molecule has 0 heterocycles. The molecule has 2 heteroatoms. The third-order valence-electron chi connectivity index (χ3n) is 3.94. The second-order valence-electron chi connectivity index (χ2n) is 5.68. The summed E-state index contributed by atoms with van der Waals surface area (Å²) in [6.07, 6.45) is 5.02. The molecular formula is C15H24N2. The summed E-state index contributed by atoms with van der Waals surface area (Å²) in [5.74, 6) is 0.783. The fourth-order valence-corrected chi connectivity index (χ4v) is 2.95. The summed E-state index contributed by atoms with van der Waals surface area (Å²) in [5.41, 5.74) is 8.64. The molecular weight excluding hydrogens is 208 g/mol. The Bertz CT molecular complexity index is 358. The van der Waals surface area contributed by atoms with Crippen molar-refractivity contribution in [1.82, 2.24) is 0 Å². The summed E-state index contributed by atoms with van der Waals surface area (Å²) in [6.45, 7) is 5.18. The van der Waals surface area contributed by atoms with Crippen LogP contribution in [0.2, 0.25) is 0 Å². The average Bonchev–Trinajstić information content (AvgIpc) is 2.32. The van der Waals surface area contributed by atoms with Crippen molar-refractivity contribution in [2.75, 3.05) is 11.9 Å². The number of hydrogen-bond donors (Lipinski definition) is 2. The highest BCUT2D eigenvalue weighted by Gasteiger charge is 2.33. The normalized spacial score (nSPS) is 29.0. The van der Waals surface area contributed by atoms with Crippen LogP contribution in [0.3, 0.4) is 0 Å². The molecule has 1 fully saturated rings. The third-order valence-corrected chi connectivity index (χ3v) is 3.94. The standard InChI is InChI=1S/C15H24N2/c1-12-5-7-14(8-6-12)17-15(11-16)9-3-4-13(2)10-15/h5-8,13,17H,3-4,9-11,16H2,1-2H3. The van der Waals surface area contributed by atoms with Gasteiger partial charge >= 0.3 is 0 Å². The van der Waals surface area contributed by atoms with E-state index in [4.69, 9.17) is 5.73 Å². The zero-order chi connectivity index (χ0) is 12.3. The van der Waals surface area contributed by atoms with Gasteiger partial charge in [-0.15, -0.1) is 0 Å². The van der Waals surface area contributed by atoms with E-state index in [0.717, 1.165) is 12.5 Å². The third kappa shape index (κ3) is 3.01. The molecule has 1 aromatic rings. The van der Waals surface area contributed by atoms with Gasteiger partial charge in [-0.25, -0.2) is 0 Å². The van der Waals surface area contributed by atoms with Gasteiger partial charge in [0.05, 0.1) is 0 Å². The first-order chi connectivity index (χ1) is 8.13. The van der Waals surface area contributed by atoms with Gasteiger partial charge in [0, 0.05) is 17.8 Å². The van der Waals surface area contributed by atoms with Crippen LogP contribution in [0.4, 0.5) is 5.69 Å². The molecule has 0 bridgehead atoms. The zero-order valence-electron chi connectivity index (χ0n) is 11.0. The van der Waals surface area contributed by atoms with Crippen molar-refractivity contribution in [3.05, 3.63) is 29.8 Å². The van der Waals surface area contributed by atoms with E-state index in [-0.39, 0.29) is 5.54 Å². The first-order valence-corrected chi connectivity index (χ1v) is 6.68. The molecule has 94 valence electrons. The first-order valence-electron chi connectivity index (χ1n) is 6.68. The van der Waals surface area contributed by atoms with Crippen LogP contribution in [0.25, 0.3) is 0 Å². The monoisotopic (exact) mass is 232 g/mol. The molecule has 17 heavy (non-hydrogen) atoms. The number of hydrogen-bond acceptors (Lipinski definition) is 2. The number of anilines is 1. The van der Waals surface area contributed by atoms with Crippen LogP contribution in [-0.2, 0) is 0 Å². The Balaban J connectivity index is 2.10. The highest BCUT2D eigenvalue weighted by Crippen LogP contribution is 2.34. The molecule has 0 saturated heterocycles. The van der Waals surface area contributed by atoms with Crippen molar-refractivity contribution in [3.63, 3.8) is 0 Å². The maximum Gasteiger partial charge on any atom is 0.0498 e. The van der Waals surface area contributed by atoms with E-state index < -0.39 is 0 Å². The molecule has 1 saturated carbocycles. The van der Waals surface area contributed by atoms with Crippen LogP contribution in [0.15, 0.2) is 24.3 Å². The predicted molar refractivity (Wildman–Crippen MR) is 74.2 cm³/mol. The first kappa shape index (κ1) is 12.4. The van der Waals surface area contributed by atoms with Crippen LogP contribution >= 0.6 is 0 Å². The molecule has 1 aliphatic carbocycles. The molecule has 3 N–H and O–H groups in total. The number of aryl methyl sites for hydroxylation is 1. The van der Waals surface area contributed by atoms with E-state index in [1.807, 2.05) is 0 Å². The summed E-state index contributed by atoms with van der Waals surface area (Å²) >= 11 is 0. The highest BCUT2D eigenvalue weighted by atomic mass is 15.0. The van der Waals surface area contributed by atoms with Crippen molar-refractivity contribution in [2.45, 2.75) is 45.1 Å². The smallest absolute Gasteiger partial charge is 0.0498 e. The van der Waals surface area contributed by atoms with E-state index in [2.05, 4.69) is 43.4 Å². The van der Waals surface area contributed by atoms with Crippen LogP contribution in [0, 0.1) is 12.8 Å². The lowest BCUT2D eigenvalue weighted by molar-refractivity contribution is 0.264. The Labute approximate surface area is 105 Å². The molecule has 1 aromatic carbocycles. The van der Waals surface area contributed by atoms with E-state index in [1.165, 1.54) is 36.9 Å². The molecule has 0 radical (unpaired) electrons. The van der Waals surface area contributed by atoms with Gasteiger partial charge in [-0.2, -0.15) is 0 Å². The molecule has 0 aliphatic heterocycles. The maximum atomic E-state index is 6.02. The second-order valence-corrected chi connectivity index (χ2v) is 5.68. The van der Waals surface area contributed by atoms with Crippen LogP contribution in [0.1, 0.15) is 38.2 Å². The summed E-state index contributed by atoms with van der Waals surface area (Å²) in [6, 6.07) is 8.62. The van der Waals surface area contributed by atoms with Crippen molar-refractivity contribution in [1.29, 1.82) is 0 Å². The quantitative estimate of drug-likeness (QED) is 0.839. The van der Waals surface area contributed by atoms with Crippen molar-refractivity contribution in [3.8, 4) is 0 Å². The molecule has 2 rings (SSSR count). The van der Waals surface area contributed by atoms with Crippen LogP contribution in [0.5, 0.6) is 0 Å². The molecule has 2 nitrogen and oxygen atoms in total. The SMILES string of the molecule is Cc1ccc(NC2(CN)CCCC(C)C2)cc1. The number of nitrogens with one attached hydrogen (secondary N) is 1. The van der Waals surface area contributed by atoms with Gasteiger partial charge in [0.1, 0.15) is 0 Å². The molecule has 2 unspecified atom stereocenters. The van der Waals surface area contributed by atoms with Crippen LogP contribution in [-0.4, -0.2) is 12.1 Å². The molecule has 0 aromatic heterocycles. The topological polar surface area (TPSA) is 38.0 Å². The molecule has 2 atom stereocenters. The lowest BCUT2D eigenvalue weighted by atomic mass is 9.76. The van der Waals surface area contributed by atoms with Gasteiger partial charge in [0.25, 0.3) is 0 Å². The lowest BCUT2D eigenvalue weighted by Gasteiger charge is -2.40. The minimum Gasteiger partial charge on any atom is -0.378 e. The Hall–Kier alpha value is -1.02. The number of benzene rings is 1. The Morgan fingerprint density at radius 1 is 1.35 bits per heavy atom. The van der Waals surface area contributed by atoms with Gasteiger partial charge in [0.2, 0.25) is 0 Å². The number of nitrogens with two attached hydrogens (primary N) is 1. The Morgan fingerprint density at radius 2 is 2.06 bits per heavy atom. The Kier molecular flexibility index (Phi) is 3.72. The summed E-state index contributed by atoms with van der Waals surface area (Å²) in [7, 11) is 0.